The highest BCUT2D eigenvalue weighted by molar-refractivity contribution is 7.23. The number of amides is 1. The molecule has 3 heterocycles. The maximum Gasteiger partial charge on any atom is 0.292 e. The van der Waals surface area contributed by atoms with E-state index in [9.17, 15) is 4.79 Å². The fourth-order valence-corrected chi connectivity index (χ4v) is 6.82. The summed E-state index contributed by atoms with van der Waals surface area (Å²) in [5.41, 5.74) is 4.17. The Morgan fingerprint density at radius 1 is 1.13 bits per heavy atom. The SMILES string of the molecule is C[C@@H]1CCc2c(sc(NC(=O)c3cc4ccccc4o3)c2-c2nc3ccccc3s2)C1. The number of aromatic nitrogens is 1. The first-order valence-electron chi connectivity index (χ1n) is 10.5. The van der Waals surface area contributed by atoms with Gasteiger partial charge in [-0.15, -0.1) is 22.7 Å². The second-order valence-electron chi connectivity index (χ2n) is 8.15. The number of rotatable bonds is 3. The van der Waals surface area contributed by atoms with Crippen LogP contribution in [0.4, 0.5) is 5.00 Å². The molecule has 6 rings (SSSR count). The standard InChI is InChI=1S/C25H20N2O2S2/c1-14-10-11-16-21(12-14)31-25(22(16)24-26-17-7-3-5-9-20(17)30-24)27-23(28)19-13-15-6-2-4-8-18(15)29-19/h2-9,13-14H,10-12H2,1H3,(H,27,28)/t14-/m1/s1. The van der Waals surface area contributed by atoms with E-state index in [1.807, 2.05) is 42.5 Å². The maximum absolute atomic E-state index is 13.1. The molecule has 3 aromatic heterocycles. The van der Waals surface area contributed by atoms with Gasteiger partial charge in [0, 0.05) is 15.8 Å². The summed E-state index contributed by atoms with van der Waals surface area (Å²) in [6, 6.07) is 17.7. The molecule has 1 N–H and O–H groups in total. The van der Waals surface area contributed by atoms with Crippen LogP contribution in [0.1, 0.15) is 34.3 Å². The Labute approximate surface area is 187 Å². The molecule has 0 fully saturated rings. The second kappa shape index (κ2) is 7.32. The van der Waals surface area contributed by atoms with Crippen LogP contribution in [-0.2, 0) is 12.8 Å². The van der Waals surface area contributed by atoms with Crippen molar-refractivity contribution in [3.8, 4) is 10.6 Å². The Kier molecular flexibility index (Phi) is 4.44. The van der Waals surface area contributed by atoms with Crippen LogP contribution in [0.3, 0.4) is 0 Å². The molecular weight excluding hydrogens is 424 g/mol. The van der Waals surface area contributed by atoms with Gasteiger partial charge in [0.05, 0.1) is 10.2 Å². The first-order chi connectivity index (χ1) is 15.2. The smallest absolute Gasteiger partial charge is 0.292 e. The highest BCUT2D eigenvalue weighted by Gasteiger charge is 2.28. The molecule has 31 heavy (non-hydrogen) atoms. The summed E-state index contributed by atoms with van der Waals surface area (Å²) in [4.78, 5) is 19.4. The predicted octanol–water partition coefficient (Wildman–Crippen LogP) is 7.15. The van der Waals surface area contributed by atoms with Gasteiger partial charge in [0.15, 0.2) is 5.76 Å². The lowest BCUT2D eigenvalue weighted by atomic mass is 9.88. The molecule has 1 amide bonds. The number of fused-ring (bicyclic) bond motifs is 3. The first kappa shape index (κ1) is 18.8. The summed E-state index contributed by atoms with van der Waals surface area (Å²) in [6.07, 6.45) is 3.25. The first-order valence-corrected chi connectivity index (χ1v) is 12.1. The number of furan rings is 1. The number of para-hydroxylation sites is 2. The van der Waals surface area contributed by atoms with Crippen LogP contribution in [0.15, 0.2) is 59.0 Å². The number of hydrogen-bond acceptors (Lipinski definition) is 5. The van der Waals surface area contributed by atoms with Gasteiger partial charge in [0.2, 0.25) is 0 Å². The van der Waals surface area contributed by atoms with E-state index in [1.165, 1.54) is 16.9 Å². The summed E-state index contributed by atoms with van der Waals surface area (Å²) in [7, 11) is 0. The predicted molar refractivity (Wildman–Crippen MR) is 128 cm³/mol. The van der Waals surface area contributed by atoms with E-state index in [0.717, 1.165) is 49.6 Å². The summed E-state index contributed by atoms with van der Waals surface area (Å²) in [5, 5.41) is 5.94. The number of anilines is 1. The largest absolute Gasteiger partial charge is 0.451 e. The van der Waals surface area contributed by atoms with Crippen molar-refractivity contribution in [1.29, 1.82) is 0 Å². The van der Waals surface area contributed by atoms with Crippen LogP contribution in [0.2, 0.25) is 0 Å². The molecule has 0 saturated carbocycles. The quantitative estimate of drug-likeness (QED) is 0.321. The highest BCUT2D eigenvalue weighted by Crippen LogP contribution is 2.47. The Morgan fingerprint density at radius 2 is 1.97 bits per heavy atom. The molecule has 1 aliphatic carbocycles. The molecule has 4 nitrogen and oxygen atoms in total. The minimum Gasteiger partial charge on any atom is -0.451 e. The molecule has 6 heteroatoms. The van der Waals surface area contributed by atoms with Gasteiger partial charge >= 0.3 is 0 Å². The molecule has 154 valence electrons. The van der Waals surface area contributed by atoms with Crippen molar-refractivity contribution in [2.45, 2.75) is 26.2 Å². The molecule has 0 bridgehead atoms. The Morgan fingerprint density at radius 3 is 2.84 bits per heavy atom. The second-order valence-corrected chi connectivity index (χ2v) is 10.3. The van der Waals surface area contributed by atoms with Crippen LogP contribution in [0.5, 0.6) is 0 Å². The third-order valence-corrected chi connectivity index (χ3v) is 8.12. The van der Waals surface area contributed by atoms with Crippen molar-refractivity contribution in [2.24, 2.45) is 5.92 Å². The minimum absolute atomic E-state index is 0.217. The molecule has 0 aliphatic heterocycles. The molecule has 0 saturated heterocycles. The summed E-state index contributed by atoms with van der Waals surface area (Å²) in [6.45, 7) is 2.30. The number of carbonyl (C=O) groups is 1. The molecule has 1 aliphatic rings. The van der Waals surface area contributed by atoms with Crippen LogP contribution in [0, 0.1) is 5.92 Å². The van der Waals surface area contributed by atoms with Crippen LogP contribution < -0.4 is 5.32 Å². The summed E-state index contributed by atoms with van der Waals surface area (Å²) in [5.74, 6) is 0.773. The number of nitrogens with one attached hydrogen (secondary N) is 1. The van der Waals surface area contributed by atoms with Crippen molar-refractivity contribution < 1.29 is 9.21 Å². The zero-order valence-electron chi connectivity index (χ0n) is 17.0. The number of nitrogens with zero attached hydrogens (tertiary/aromatic N) is 1. The zero-order valence-corrected chi connectivity index (χ0v) is 18.6. The normalized spacial score (nSPS) is 16.0. The fourth-order valence-electron chi connectivity index (χ4n) is 4.30. The van der Waals surface area contributed by atoms with E-state index in [-0.39, 0.29) is 5.91 Å². The van der Waals surface area contributed by atoms with Crippen molar-refractivity contribution >= 4 is 54.8 Å². The molecular formula is C25H20N2O2S2. The van der Waals surface area contributed by atoms with E-state index in [1.54, 1.807) is 28.7 Å². The average Bonchev–Trinajstić information content (AvgIpc) is 3.47. The molecule has 2 aromatic carbocycles. The van der Waals surface area contributed by atoms with E-state index < -0.39 is 0 Å². The minimum atomic E-state index is -0.217. The number of thiazole rings is 1. The van der Waals surface area contributed by atoms with Gasteiger partial charge < -0.3 is 9.73 Å². The van der Waals surface area contributed by atoms with Crippen LogP contribution >= 0.6 is 22.7 Å². The third kappa shape index (κ3) is 3.27. The van der Waals surface area contributed by atoms with Crippen molar-refractivity contribution in [2.75, 3.05) is 5.32 Å². The highest BCUT2D eigenvalue weighted by atomic mass is 32.1. The lowest BCUT2D eigenvalue weighted by Gasteiger charge is -2.18. The molecule has 1 atom stereocenters. The lowest BCUT2D eigenvalue weighted by Crippen LogP contribution is -2.11. The van der Waals surface area contributed by atoms with Crippen LogP contribution in [0.25, 0.3) is 31.8 Å². The van der Waals surface area contributed by atoms with Crippen molar-refractivity contribution in [3.63, 3.8) is 0 Å². The third-order valence-electron chi connectivity index (χ3n) is 5.90. The monoisotopic (exact) mass is 444 g/mol. The zero-order chi connectivity index (χ0) is 20.9. The van der Waals surface area contributed by atoms with Gasteiger partial charge in [-0.05, 0) is 55.0 Å². The molecule has 0 spiro atoms. The van der Waals surface area contributed by atoms with Gasteiger partial charge in [-0.3, -0.25) is 4.79 Å². The van der Waals surface area contributed by atoms with Crippen molar-refractivity contribution in [3.05, 3.63) is 70.8 Å². The van der Waals surface area contributed by atoms with Gasteiger partial charge in [-0.25, -0.2) is 4.98 Å². The van der Waals surface area contributed by atoms with E-state index in [2.05, 4.69) is 18.3 Å². The van der Waals surface area contributed by atoms with Gasteiger partial charge in [0.1, 0.15) is 15.6 Å². The molecule has 0 unspecified atom stereocenters. The van der Waals surface area contributed by atoms with Gasteiger partial charge in [-0.1, -0.05) is 37.3 Å². The van der Waals surface area contributed by atoms with E-state index in [0.29, 0.717) is 11.7 Å². The lowest BCUT2D eigenvalue weighted by molar-refractivity contribution is 0.0999. The number of carbonyl (C=O) groups excluding carboxylic acids is 1. The Bertz CT molecular complexity index is 1380. The van der Waals surface area contributed by atoms with Crippen LogP contribution in [-0.4, -0.2) is 10.9 Å². The number of hydrogen-bond donors (Lipinski definition) is 1. The topological polar surface area (TPSA) is 55.1 Å². The number of thiophene rings is 1. The van der Waals surface area contributed by atoms with Gasteiger partial charge in [0.25, 0.3) is 5.91 Å². The summed E-state index contributed by atoms with van der Waals surface area (Å²) >= 11 is 3.38. The maximum atomic E-state index is 13.1. The average molecular weight is 445 g/mol. The van der Waals surface area contributed by atoms with E-state index in [4.69, 9.17) is 9.40 Å². The fraction of sp³-hybridized carbons (Fsp3) is 0.200. The molecule has 5 aromatic rings. The van der Waals surface area contributed by atoms with Gasteiger partial charge in [-0.2, -0.15) is 0 Å². The summed E-state index contributed by atoms with van der Waals surface area (Å²) < 4.78 is 6.96. The number of benzene rings is 2. The Balaban J connectivity index is 1.44. The van der Waals surface area contributed by atoms with E-state index >= 15 is 0 Å². The Hall–Kier alpha value is -2.96. The molecule has 0 radical (unpaired) electrons. The van der Waals surface area contributed by atoms with Crippen molar-refractivity contribution in [1.82, 2.24) is 4.98 Å².